The Hall–Kier alpha value is -2.69. The van der Waals surface area contributed by atoms with Crippen molar-refractivity contribution in [1.29, 1.82) is 0 Å². The lowest BCUT2D eigenvalue weighted by atomic mass is 10.2. The summed E-state index contributed by atoms with van der Waals surface area (Å²) in [6.45, 7) is 0.372. The first-order chi connectivity index (χ1) is 9.69. The third-order valence-corrected chi connectivity index (χ3v) is 2.74. The number of ether oxygens (including phenoxy) is 1. The highest BCUT2D eigenvalue weighted by molar-refractivity contribution is 5.90. The van der Waals surface area contributed by atoms with Gasteiger partial charge >= 0.3 is 6.03 Å². The number of para-hydroxylation sites is 2. The number of anilines is 1. The van der Waals surface area contributed by atoms with Gasteiger partial charge in [-0.3, -0.25) is 0 Å². The second-order valence-electron chi connectivity index (χ2n) is 4.18. The monoisotopic (exact) mass is 272 g/mol. The first kappa shape index (κ1) is 13.7. The van der Waals surface area contributed by atoms with Crippen molar-refractivity contribution >= 4 is 11.7 Å². The molecule has 2 amide bonds. The predicted molar refractivity (Wildman–Crippen MR) is 77.0 cm³/mol. The lowest BCUT2D eigenvalue weighted by Gasteiger charge is -2.09. The molecule has 0 aliphatic heterocycles. The molecule has 5 heteroatoms. The lowest BCUT2D eigenvalue weighted by molar-refractivity contribution is 0.251. The second kappa shape index (κ2) is 6.47. The third kappa shape index (κ3) is 3.65. The van der Waals surface area contributed by atoms with Gasteiger partial charge in [-0.2, -0.15) is 0 Å². The maximum atomic E-state index is 11.7. The molecule has 5 nitrogen and oxygen atoms in total. The molecule has 0 fully saturated rings. The van der Waals surface area contributed by atoms with Crippen LogP contribution in [0.25, 0.3) is 0 Å². The Balaban J connectivity index is 1.90. The number of phenols is 1. The molecular weight excluding hydrogens is 256 g/mol. The Morgan fingerprint density at radius 1 is 1.20 bits per heavy atom. The fourth-order valence-electron chi connectivity index (χ4n) is 1.71. The van der Waals surface area contributed by atoms with E-state index >= 15 is 0 Å². The number of hydrogen-bond donors (Lipinski definition) is 3. The fourth-order valence-corrected chi connectivity index (χ4v) is 1.71. The summed E-state index contributed by atoms with van der Waals surface area (Å²) in [7, 11) is 1.59. The van der Waals surface area contributed by atoms with Crippen molar-refractivity contribution in [2.45, 2.75) is 6.54 Å². The zero-order valence-electron chi connectivity index (χ0n) is 11.1. The number of carbonyl (C=O) groups is 1. The smallest absolute Gasteiger partial charge is 0.319 e. The second-order valence-corrected chi connectivity index (χ2v) is 4.18. The van der Waals surface area contributed by atoms with Crippen LogP contribution in [0.2, 0.25) is 0 Å². The maximum Gasteiger partial charge on any atom is 0.319 e. The number of hydrogen-bond acceptors (Lipinski definition) is 3. The molecule has 2 aromatic rings. The average molecular weight is 272 g/mol. The molecule has 0 saturated heterocycles. The summed E-state index contributed by atoms with van der Waals surface area (Å²) in [5.74, 6) is 0.773. The molecule has 0 saturated carbocycles. The number of phenolic OH excluding ortho intramolecular Hbond substituents is 1. The minimum atomic E-state index is -0.380. The zero-order chi connectivity index (χ0) is 14.4. The van der Waals surface area contributed by atoms with Gasteiger partial charge in [0.05, 0.1) is 12.8 Å². The van der Waals surface area contributed by atoms with E-state index in [9.17, 15) is 9.90 Å². The van der Waals surface area contributed by atoms with Crippen molar-refractivity contribution in [3.05, 3.63) is 54.1 Å². The molecule has 3 N–H and O–H groups in total. The molecule has 20 heavy (non-hydrogen) atoms. The number of urea groups is 1. The van der Waals surface area contributed by atoms with Crippen LogP contribution >= 0.6 is 0 Å². The van der Waals surface area contributed by atoms with Gasteiger partial charge in [0.15, 0.2) is 0 Å². The Kier molecular flexibility index (Phi) is 4.44. The minimum absolute atomic E-state index is 0.0315. The molecule has 104 valence electrons. The van der Waals surface area contributed by atoms with Crippen LogP contribution in [-0.4, -0.2) is 18.2 Å². The maximum absolute atomic E-state index is 11.7. The van der Waals surface area contributed by atoms with Crippen LogP contribution in [0.3, 0.4) is 0 Å². The number of aromatic hydroxyl groups is 1. The van der Waals surface area contributed by atoms with E-state index < -0.39 is 0 Å². The molecule has 2 rings (SSSR count). The lowest BCUT2D eigenvalue weighted by Crippen LogP contribution is -2.28. The van der Waals surface area contributed by atoms with Crippen LogP contribution in [0.5, 0.6) is 11.5 Å². The Morgan fingerprint density at radius 3 is 2.75 bits per heavy atom. The first-order valence-corrected chi connectivity index (χ1v) is 6.15. The molecule has 2 aromatic carbocycles. The van der Waals surface area contributed by atoms with E-state index in [1.54, 1.807) is 25.3 Å². The summed E-state index contributed by atoms with van der Waals surface area (Å²) >= 11 is 0. The number of amides is 2. The molecule has 0 radical (unpaired) electrons. The van der Waals surface area contributed by atoms with Gasteiger partial charge in [0.1, 0.15) is 11.5 Å². The van der Waals surface area contributed by atoms with Crippen LogP contribution in [-0.2, 0) is 6.54 Å². The van der Waals surface area contributed by atoms with Gasteiger partial charge in [0, 0.05) is 6.54 Å². The van der Waals surface area contributed by atoms with Crippen LogP contribution in [0.1, 0.15) is 5.56 Å². The van der Waals surface area contributed by atoms with Gasteiger partial charge in [0.2, 0.25) is 0 Å². The fraction of sp³-hybridized carbons (Fsp3) is 0.133. The zero-order valence-corrected chi connectivity index (χ0v) is 11.1. The molecular formula is C15H16N2O3. The van der Waals surface area contributed by atoms with Gasteiger partial charge < -0.3 is 20.5 Å². The minimum Gasteiger partial charge on any atom is -0.506 e. The van der Waals surface area contributed by atoms with Crippen LogP contribution in [0, 0.1) is 0 Å². The number of carbonyl (C=O) groups excluding carboxylic acids is 1. The van der Waals surface area contributed by atoms with Crippen molar-refractivity contribution in [2.75, 3.05) is 12.4 Å². The largest absolute Gasteiger partial charge is 0.506 e. The molecule has 0 aliphatic carbocycles. The molecule has 0 unspecified atom stereocenters. The first-order valence-electron chi connectivity index (χ1n) is 6.15. The SMILES string of the molecule is COc1cccc(CNC(=O)Nc2ccccc2O)c1. The highest BCUT2D eigenvalue weighted by Crippen LogP contribution is 2.21. The van der Waals surface area contributed by atoms with Crippen molar-refractivity contribution in [1.82, 2.24) is 5.32 Å². The molecule has 0 heterocycles. The Bertz CT molecular complexity index is 599. The van der Waals surface area contributed by atoms with Gasteiger partial charge in [0.25, 0.3) is 0 Å². The molecule has 0 aliphatic rings. The summed E-state index contributed by atoms with van der Waals surface area (Å²) in [6.07, 6.45) is 0. The van der Waals surface area contributed by atoms with Gasteiger partial charge in [-0.05, 0) is 29.8 Å². The van der Waals surface area contributed by atoms with Crippen molar-refractivity contribution < 1.29 is 14.6 Å². The van der Waals surface area contributed by atoms with E-state index in [0.29, 0.717) is 12.2 Å². The molecule has 0 atom stereocenters. The highest BCUT2D eigenvalue weighted by atomic mass is 16.5. The van der Waals surface area contributed by atoms with Crippen LogP contribution in [0.4, 0.5) is 10.5 Å². The average Bonchev–Trinajstić information content (AvgIpc) is 2.48. The summed E-state index contributed by atoms with van der Waals surface area (Å²) in [5.41, 5.74) is 1.30. The summed E-state index contributed by atoms with van der Waals surface area (Å²) in [4.78, 5) is 11.7. The highest BCUT2D eigenvalue weighted by Gasteiger charge is 2.05. The van der Waals surface area contributed by atoms with Crippen molar-refractivity contribution in [3.63, 3.8) is 0 Å². The molecule has 0 bridgehead atoms. The quantitative estimate of drug-likeness (QED) is 0.749. The standard InChI is InChI=1S/C15H16N2O3/c1-20-12-6-4-5-11(9-12)10-16-15(19)17-13-7-2-3-8-14(13)18/h2-9,18H,10H2,1H3,(H2,16,17,19). The summed E-state index contributed by atoms with van der Waals surface area (Å²) < 4.78 is 5.11. The predicted octanol–water partition coefficient (Wildman–Crippen LogP) is 2.72. The molecule has 0 spiro atoms. The third-order valence-electron chi connectivity index (χ3n) is 2.74. The number of nitrogens with one attached hydrogen (secondary N) is 2. The van der Waals surface area contributed by atoms with Crippen LogP contribution < -0.4 is 15.4 Å². The van der Waals surface area contributed by atoms with Gasteiger partial charge in [-0.15, -0.1) is 0 Å². The van der Waals surface area contributed by atoms with E-state index in [1.165, 1.54) is 6.07 Å². The van der Waals surface area contributed by atoms with Crippen molar-refractivity contribution in [3.8, 4) is 11.5 Å². The van der Waals surface area contributed by atoms with Gasteiger partial charge in [-0.1, -0.05) is 24.3 Å². The molecule has 0 aromatic heterocycles. The van der Waals surface area contributed by atoms with E-state index in [-0.39, 0.29) is 11.8 Å². The van der Waals surface area contributed by atoms with E-state index in [1.807, 2.05) is 24.3 Å². The summed E-state index contributed by atoms with van der Waals surface area (Å²) in [6, 6.07) is 13.6. The number of rotatable bonds is 4. The number of benzene rings is 2. The van der Waals surface area contributed by atoms with E-state index in [4.69, 9.17) is 4.74 Å². The normalized spacial score (nSPS) is 9.85. The van der Waals surface area contributed by atoms with E-state index in [0.717, 1.165) is 11.3 Å². The van der Waals surface area contributed by atoms with Crippen LogP contribution in [0.15, 0.2) is 48.5 Å². The topological polar surface area (TPSA) is 70.6 Å². The summed E-state index contributed by atoms with van der Waals surface area (Å²) in [5, 5.41) is 14.8. The van der Waals surface area contributed by atoms with E-state index in [2.05, 4.69) is 10.6 Å². The Labute approximate surface area is 117 Å². The number of methoxy groups -OCH3 is 1. The van der Waals surface area contributed by atoms with Crippen molar-refractivity contribution in [2.24, 2.45) is 0 Å². The Morgan fingerprint density at radius 2 is 2.00 bits per heavy atom. The van der Waals surface area contributed by atoms with Gasteiger partial charge in [-0.25, -0.2) is 4.79 Å².